The second-order valence-corrected chi connectivity index (χ2v) is 10.2. The predicted octanol–water partition coefficient (Wildman–Crippen LogP) is 8.63. The van der Waals surface area contributed by atoms with E-state index in [-0.39, 0.29) is 0 Å². The third-order valence-electron chi connectivity index (χ3n) is 7.48. The van der Waals surface area contributed by atoms with Gasteiger partial charge in [0.15, 0.2) is 0 Å². The van der Waals surface area contributed by atoms with Crippen molar-refractivity contribution in [2.45, 2.75) is 18.9 Å². The maximum absolute atomic E-state index is 6.87. The molecule has 0 saturated carbocycles. The average molecular weight is 520 g/mol. The molecular formula is C37H29NO2. The van der Waals surface area contributed by atoms with Crippen molar-refractivity contribution in [1.29, 1.82) is 0 Å². The molecule has 3 nitrogen and oxygen atoms in total. The molecule has 0 saturated heterocycles. The van der Waals surface area contributed by atoms with Crippen molar-refractivity contribution in [1.82, 2.24) is 0 Å². The molecule has 40 heavy (non-hydrogen) atoms. The summed E-state index contributed by atoms with van der Waals surface area (Å²) in [4.78, 5) is 2.39. The van der Waals surface area contributed by atoms with Gasteiger partial charge in [0, 0.05) is 47.6 Å². The first-order chi connectivity index (χ1) is 19.8. The summed E-state index contributed by atoms with van der Waals surface area (Å²) in [5.41, 5.74) is 7.73. The van der Waals surface area contributed by atoms with E-state index in [1.165, 1.54) is 11.1 Å². The number of benzene rings is 5. The predicted molar refractivity (Wildman–Crippen MR) is 163 cm³/mol. The van der Waals surface area contributed by atoms with Crippen molar-refractivity contribution in [3.63, 3.8) is 0 Å². The average Bonchev–Trinajstić information content (AvgIpc) is 3.01. The van der Waals surface area contributed by atoms with Crippen LogP contribution in [0, 0.1) is 0 Å². The zero-order valence-electron chi connectivity index (χ0n) is 22.1. The second kappa shape index (κ2) is 10.3. The number of nitrogens with zero attached hydrogens (tertiary/aromatic N) is 1. The van der Waals surface area contributed by atoms with Gasteiger partial charge in [0.05, 0.1) is 0 Å². The number of rotatable bonds is 6. The third kappa shape index (κ3) is 4.67. The highest BCUT2D eigenvalue weighted by molar-refractivity contribution is 5.92. The van der Waals surface area contributed by atoms with Crippen molar-refractivity contribution in [2.75, 3.05) is 4.90 Å². The molecule has 3 heteroatoms. The summed E-state index contributed by atoms with van der Waals surface area (Å²) in [5, 5.41) is 0. The van der Waals surface area contributed by atoms with Gasteiger partial charge in [-0.2, -0.15) is 0 Å². The highest BCUT2D eigenvalue weighted by Crippen LogP contribution is 2.46. The van der Waals surface area contributed by atoms with Gasteiger partial charge in [0.1, 0.15) is 11.5 Å². The van der Waals surface area contributed by atoms with Crippen LogP contribution in [0.25, 0.3) is 17.7 Å². The Morgan fingerprint density at radius 2 is 1.15 bits per heavy atom. The lowest BCUT2D eigenvalue weighted by atomic mass is 9.90. The first kappa shape index (κ1) is 24.1. The zero-order chi connectivity index (χ0) is 26.8. The van der Waals surface area contributed by atoms with E-state index in [0.29, 0.717) is 0 Å². The second-order valence-electron chi connectivity index (χ2n) is 10.2. The largest absolute Gasteiger partial charge is 0.444 e. The fourth-order valence-corrected chi connectivity index (χ4v) is 5.46. The van der Waals surface area contributed by atoms with Crippen molar-refractivity contribution >= 4 is 23.4 Å². The van der Waals surface area contributed by atoms with E-state index in [9.17, 15) is 0 Å². The van der Waals surface area contributed by atoms with Crippen LogP contribution in [-0.4, -0.2) is 5.79 Å². The maximum Gasteiger partial charge on any atom is 0.299 e. The minimum absolute atomic E-state index is 0.786. The molecule has 0 aromatic heterocycles. The number of hydrogen-bond donors (Lipinski definition) is 0. The van der Waals surface area contributed by atoms with Crippen molar-refractivity contribution in [2.24, 2.45) is 0 Å². The number of anilines is 1. The zero-order valence-corrected chi connectivity index (χ0v) is 22.1. The number of fused-ring (bicyclic) bond motifs is 2. The first-order valence-electron chi connectivity index (χ1n) is 13.7. The third-order valence-corrected chi connectivity index (χ3v) is 7.48. The van der Waals surface area contributed by atoms with Gasteiger partial charge in [-0.1, -0.05) is 109 Å². The van der Waals surface area contributed by atoms with Gasteiger partial charge in [-0.25, -0.2) is 0 Å². The molecule has 0 fully saturated rings. The van der Waals surface area contributed by atoms with Crippen LogP contribution in [0.2, 0.25) is 0 Å². The molecule has 0 aliphatic carbocycles. The Kier molecular flexibility index (Phi) is 6.18. The Labute approximate surface area is 235 Å². The minimum Gasteiger partial charge on any atom is -0.444 e. The Balaban J connectivity index is 1.30. The molecule has 1 atom stereocenters. The highest BCUT2D eigenvalue weighted by Gasteiger charge is 2.43. The summed E-state index contributed by atoms with van der Waals surface area (Å²) in [6, 6.07) is 46.1. The molecule has 1 unspecified atom stereocenters. The maximum atomic E-state index is 6.87. The van der Waals surface area contributed by atoms with Crippen LogP contribution in [0.5, 0.6) is 11.5 Å². The molecule has 2 aliphatic rings. The van der Waals surface area contributed by atoms with Crippen LogP contribution in [0.4, 0.5) is 5.69 Å². The number of hydrogen-bond acceptors (Lipinski definition) is 3. The van der Waals surface area contributed by atoms with E-state index in [2.05, 4.69) is 114 Å². The van der Waals surface area contributed by atoms with Crippen LogP contribution in [0.3, 0.4) is 0 Å². The molecule has 5 aromatic carbocycles. The van der Waals surface area contributed by atoms with Gasteiger partial charge in [-0.05, 0) is 47.0 Å². The Hall–Kier alpha value is -5.02. The molecule has 1 spiro atoms. The SMILES string of the molecule is C1=CC2(Oc3ccccc31)Oc1cc(N(Cc3ccccc3)Cc3ccccc3)ccc1C=C2c1ccccc1. The lowest BCUT2D eigenvalue weighted by molar-refractivity contribution is -0.0211. The van der Waals surface area contributed by atoms with E-state index >= 15 is 0 Å². The van der Waals surface area contributed by atoms with Crippen molar-refractivity contribution < 1.29 is 9.47 Å². The lowest BCUT2D eigenvalue weighted by Gasteiger charge is -2.40. The van der Waals surface area contributed by atoms with Crippen molar-refractivity contribution in [3.8, 4) is 11.5 Å². The fraction of sp³-hybridized carbons (Fsp3) is 0.0811. The number of para-hydroxylation sites is 1. The lowest BCUT2D eigenvalue weighted by Crippen LogP contribution is -2.44. The van der Waals surface area contributed by atoms with Crippen LogP contribution in [-0.2, 0) is 13.1 Å². The van der Waals surface area contributed by atoms with E-state index in [4.69, 9.17) is 9.47 Å². The van der Waals surface area contributed by atoms with Crippen LogP contribution in [0.1, 0.15) is 27.8 Å². The summed E-state index contributed by atoms with van der Waals surface area (Å²) in [7, 11) is 0. The quantitative estimate of drug-likeness (QED) is 0.224. The molecule has 7 rings (SSSR count). The van der Waals surface area contributed by atoms with Gasteiger partial charge < -0.3 is 14.4 Å². The molecule has 2 aliphatic heterocycles. The van der Waals surface area contributed by atoms with Crippen LogP contribution < -0.4 is 14.4 Å². The summed E-state index contributed by atoms with van der Waals surface area (Å²) in [6.07, 6.45) is 6.34. The molecule has 0 N–H and O–H groups in total. The summed E-state index contributed by atoms with van der Waals surface area (Å²) in [5.74, 6) is 0.541. The normalized spacial score (nSPS) is 16.8. The molecule has 5 aromatic rings. The highest BCUT2D eigenvalue weighted by atomic mass is 16.7. The summed E-state index contributed by atoms with van der Waals surface area (Å²) >= 11 is 0. The fourth-order valence-electron chi connectivity index (χ4n) is 5.46. The first-order valence-corrected chi connectivity index (χ1v) is 13.7. The molecule has 0 amide bonds. The monoisotopic (exact) mass is 519 g/mol. The Morgan fingerprint density at radius 3 is 1.85 bits per heavy atom. The molecule has 0 radical (unpaired) electrons. The van der Waals surface area contributed by atoms with Gasteiger partial charge >= 0.3 is 0 Å². The van der Waals surface area contributed by atoms with Gasteiger partial charge in [-0.3, -0.25) is 0 Å². The summed E-state index contributed by atoms with van der Waals surface area (Å²) < 4.78 is 13.6. The van der Waals surface area contributed by atoms with E-state index < -0.39 is 5.79 Å². The van der Waals surface area contributed by atoms with E-state index in [1.54, 1.807) is 0 Å². The van der Waals surface area contributed by atoms with Crippen LogP contribution >= 0.6 is 0 Å². The smallest absolute Gasteiger partial charge is 0.299 e. The van der Waals surface area contributed by atoms with Gasteiger partial charge in [0.2, 0.25) is 0 Å². The van der Waals surface area contributed by atoms with Crippen LogP contribution in [0.15, 0.2) is 140 Å². The van der Waals surface area contributed by atoms with Gasteiger partial charge in [-0.15, -0.1) is 0 Å². The standard InChI is InChI=1S/C37H29NO2/c1-4-12-28(13-5-1)26-38(27-29-14-6-2-7-15-29)33-21-20-32-24-34(30-16-8-3-9-17-30)37(40-36(32)25-33)23-22-31-18-10-11-19-35(31)39-37/h1-25H,26-27H2. The van der Waals surface area contributed by atoms with Gasteiger partial charge in [0.25, 0.3) is 5.79 Å². The Bertz CT molecular complexity index is 1650. The number of ether oxygens (including phenoxy) is 2. The molecule has 2 heterocycles. The summed E-state index contributed by atoms with van der Waals surface area (Å²) in [6.45, 7) is 1.57. The topological polar surface area (TPSA) is 21.7 Å². The Morgan fingerprint density at radius 1 is 0.550 bits per heavy atom. The van der Waals surface area contributed by atoms with E-state index in [0.717, 1.165) is 52.5 Å². The van der Waals surface area contributed by atoms with E-state index in [1.807, 2.05) is 42.5 Å². The minimum atomic E-state index is -1.06. The molecular weight excluding hydrogens is 490 g/mol. The molecule has 194 valence electrons. The molecule has 0 bridgehead atoms. The van der Waals surface area contributed by atoms with Crippen molar-refractivity contribution in [3.05, 3.63) is 167 Å².